The Hall–Kier alpha value is -1.98. The first-order valence-electron chi connectivity index (χ1n) is 14.7. The maximum atomic E-state index is 13.7. The molecule has 0 unspecified atom stereocenters. The van der Waals surface area contributed by atoms with E-state index < -0.39 is 26.9 Å². The number of halogens is 2. The maximum absolute atomic E-state index is 13.7. The van der Waals surface area contributed by atoms with E-state index in [0.29, 0.717) is 10.1 Å². The van der Waals surface area contributed by atoms with Crippen molar-refractivity contribution in [2.45, 2.75) is 62.0 Å². The molecule has 0 bridgehead atoms. The third-order valence-corrected chi connectivity index (χ3v) is 35.0. The van der Waals surface area contributed by atoms with E-state index in [2.05, 4.69) is 119 Å². The number of unbranched alkanes of at least 4 members (excludes halogenated alkanes) is 6. The topological polar surface area (TPSA) is 29.1 Å². The first-order valence-corrected chi connectivity index (χ1v) is 26.5. The molecule has 0 atom stereocenters. The van der Waals surface area contributed by atoms with Crippen LogP contribution in [0.25, 0.3) is 11.1 Å². The fraction of sp³-hybridized carbons (Fsp3) is 0.286. The van der Waals surface area contributed by atoms with Crippen molar-refractivity contribution < 1.29 is 50.5 Å². The summed E-state index contributed by atoms with van der Waals surface area (Å²) in [6.07, 6.45) is 9.28. The van der Waals surface area contributed by atoms with Crippen LogP contribution >= 0.6 is 0 Å². The van der Waals surface area contributed by atoms with Crippen LogP contribution in [0.3, 0.4) is 0 Å². The summed E-state index contributed by atoms with van der Waals surface area (Å²) in [7, 11) is 0. The number of carbonyl (C=O) groups is 1. The average molecular weight is 768 g/mol. The first-order chi connectivity index (χ1) is 19.3. The van der Waals surface area contributed by atoms with Gasteiger partial charge in [-0.25, -0.2) is 0 Å². The number of carbonyl (C=O) groups excluding carboxylic acids is 1. The Labute approximate surface area is 267 Å². The second kappa shape index (κ2) is 17.2. The minimum atomic E-state index is -2.96. The van der Waals surface area contributed by atoms with E-state index in [4.69, 9.17) is 0 Å². The molecule has 1 aliphatic rings. The van der Waals surface area contributed by atoms with Crippen LogP contribution < -0.4 is 38.5 Å². The van der Waals surface area contributed by atoms with Gasteiger partial charge in [-0.1, -0.05) is 0 Å². The standard InChI is InChI=1S/C13H9.C12H11Si.C10H21NO.2ClH.Hf/c1-3-7-12-10(5-1)9-11-6-2-4-8-13(11)12;1-3-7-11(8-4-1)13-12-9-5-2-6-10-12;1-2-3-4-5-6-7-8-9-10(11)12;;;/h1-9H;1-10,13H;2-9H2,1H3,(H2,11,12);2*1H;/q;;;;;+3/p-3. The average Bonchev–Trinajstić information content (AvgIpc) is 3.32. The summed E-state index contributed by atoms with van der Waals surface area (Å²) in [5.74, 6) is -1.38. The molecule has 0 fully saturated rings. The molecule has 5 rings (SSSR count). The van der Waals surface area contributed by atoms with Gasteiger partial charge in [-0.2, -0.15) is 0 Å². The number of benzene rings is 4. The maximum Gasteiger partial charge on any atom is -1.00 e. The molecule has 1 aliphatic carbocycles. The van der Waals surface area contributed by atoms with Crippen molar-refractivity contribution in [3.05, 3.63) is 120 Å². The molecule has 0 heterocycles. The number of rotatable bonds is 13. The van der Waals surface area contributed by atoms with Gasteiger partial charge in [-0.15, -0.1) is 0 Å². The zero-order chi connectivity index (χ0) is 26.9. The molecule has 0 aromatic heterocycles. The Morgan fingerprint density at radius 2 is 1.07 bits per heavy atom. The number of hydrogen-bond donors (Lipinski definition) is 1. The van der Waals surface area contributed by atoms with E-state index >= 15 is 0 Å². The first kappa shape index (κ1) is 33.5. The normalized spacial score (nSPS) is 11.7. The molecule has 4 aromatic rings. The Morgan fingerprint density at radius 3 is 1.59 bits per heavy atom. The van der Waals surface area contributed by atoms with Crippen molar-refractivity contribution in [3.63, 3.8) is 0 Å². The Bertz CT molecular complexity index is 1270. The predicted molar refractivity (Wildman–Crippen MR) is 164 cm³/mol. The number of nitrogens with one attached hydrogen (secondary N) is 1. The predicted octanol–water partition coefficient (Wildman–Crippen LogP) is 1.09. The summed E-state index contributed by atoms with van der Waals surface area (Å²) in [5, 5.41) is 2.92. The van der Waals surface area contributed by atoms with Gasteiger partial charge in [-0.3, -0.25) is 0 Å². The van der Waals surface area contributed by atoms with E-state index in [1.807, 2.05) is 0 Å². The summed E-state index contributed by atoms with van der Waals surface area (Å²) in [6, 6.07) is 40.1. The van der Waals surface area contributed by atoms with E-state index in [1.165, 1.54) is 64.7 Å². The van der Waals surface area contributed by atoms with Crippen molar-refractivity contribution >= 4 is 22.3 Å². The second-order valence-corrected chi connectivity index (χ2v) is 30.5. The Morgan fingerprint density at radius 1 is 0.634 bits per heavy atom. The molecule has 1 amide bonds. The molecule has 213 valence electrons. The SMILES string of the molecule is CCCCCCCCCC(=O)[NH][Hf+2]([CH]1c2ccccc2-c2ccccc21)[SiH](c1ccccc1)c1ccccc1.[Cl-].[Cl-]. The minimum Gasteiger partial charge on any atom is -1.00 e. The van der Waals surface area contributed by atoms with Crippen LogP contribution in [0.4, 0.5) is 0 Å². The fourth-order valence-electron chi connectivity index (χ4n) is 6.11. The van der Waals surface area contributed by atoms with E-state index in [9.17, 15) is 4.79 Å². The van der Waals surface area contributed by atoms with Crippen molar-refractivity contribution in [1.29, 1.82) is 0 Å². The van der Waals surface area contributed by atoms with E-state index in [1.54, 1.807) is 0 Å². The molecule has 0 aliphatic heterocycles. The van der Waals surface area contributed by atoms with Crippen LogP contribution in [-0.4, -0.2) is 11.9 Å². The van der Waals surface area contributed by atoms with Crippen LogP contribution in [0.2, 0.25) is 0 Å². The fourth-order valence-corrected chi connectivity index (χ4v) is 36.5. The molecule has 4 aromatic carbocycles. The van der Waals surface area contributed by atoms with Gasteiger partial charge >= 0.3 is 245 Å². The Balaban J connectivity index is 0.00000231. The molecule has 6 heteroatoms. The third-order valence-electron chi connectivity index (χ3n) is 8.01. The van der Waals surface area contributed by atoms with Crippen LogP contribution in [0.15, 0.2) is 109 Å². The molecule has 0 spiro atoms. The molecule has 0 radical (unpaired) electrons. The van der Waals surface area contributed by atoms with Crippen LogP contribution in [-0.2, 0) is 25.7 Å². The van der Waals surface area contributed by atoms with Gasteiger partial charge in [0.05, 0.1) is 0 Å². The molecule has 1 N–H and O–H groups in total. The van der Waals surface area contributed by atoms with Gasteiger partial charge in [0.2, 0.25) is 0 Å². The van der Waals surface area contributed by atoms with Crippen LogP contribution in [0, 0.1) is 0 Å². The van der Waals surface area contributed by atoms with Gasteiger partial charge in [-0.05, 0) is 0 Å². The van der Waals surface area contributed by atoms with Gasteiger partial charge in [0.25, 0.3) is 0 Å². The van der Waals surface area contributed by atoms with Crippen molar-refractivity contribution in [2.24, 2.45) is 0 Å². The molecule has 0 saturated carbocycles. The molecule has 0 saturated heterocycles. The minimum absolute atomic E-state index is 0. The summed E-state index contributed by atoms with van der Waals surface area (Å²) >= 11 is -2.96. The second-order valence-electron chi connectivity index (χ2n) is 10.7. The van der Waals surface area contributed by atoms with Crippen LogP contribution in [0.1, 0.15) is 73.1 Å². The number of hydrogen-bond acceptors (Lipinski definition) is 1. The van der Waals surface area contributed by atoms with Gasteiger partial charge in [0.15, 0.2) is 0 Å². The molecular weight excluding hydrogens is 728 g/mol. The van der Waals surface area contributed by atoms with Crippen LogP contribution in [0.5, 0.6) is 0 Å². The smallest absolute Gasteiger partial charge is 1.00 e. The van der Waals surface area contributed by atoms with E-state index in [-0.39, 0.29) is 30.7 Å². The largest absolute Gasteiger partial charge is 1.00 e. The quantitative estimate of drug-likeness (QED) is 0.161. The summed E-state index contributed by atoms with van der Waals surface area (Å²) in [4.78, 5) is 13.7. The van der Waals surface area contributed by atoms with Gasteiger partial charge in [0.1, 0.15) is 0 Å². The van der Waals surface area contributed by atoms with Crippen molar-refractivity contribution in [1.82, 2.24) is 3.30 Å². The molecule has 41 heavy (non-hydrogen) atoms. The zero-order valence-corrected chi connectivity index (χ0v) is 30.1. The van der Waals surface area contributed by atoms with E-state index in [0.717, 1.165) is 12.8 Å². The summed E-state index contributed by atoms with van der Waals surface area (Å²) < 4.78 is 4.23. The third kappa shape index (κ3) is 8.31. The molecular formula is C35H40Cl2HfNOSi. The number of fused-ring (bicyclic) bond motifs is 3. The summed E-state index contributed by atoms with van der Waals surface area (Å²) in [5.41, 5.74) is 5.58. The van der Waals surface area contributed by atoms with Gasteiger partial charge in [0, 0.05) is 0 Å². The van der Waals surface area contributed by atoms with Crippen molar-refractivity contribution in [3.8, 4) is 11.1 Å². The zero-order valence-electron chi connectivity index (χ0n) is 23.9. The summed E-state index contributed by atoms with van der Waals surface area (Å²) in [6.45, 7) is 2.26. The Kier molecular flexibility index (Phi) is 14.1. The van der Waals surface area contributed by atoms with Gasteiger partial charge < -0.3 is 24.8 Å². The number of amides is 1. The monoisotopic (exact) mass is 768 g/mol. The van der Waals surface area contributed by atoms with Crippen molar-refractivity contribution in [2.75, 3.05) is 0 Å². The molecule has 2 nitrogen and oxygen atoms in total.